The Hall–Kier alpha value is -2.59. The van der Waals surface area contributed by atoms with Gasteiger partial charge in [0.25, 0.3) is 0 Å². The topological polar surface area (TPSA) is 59.3 Å². The van der Waals surface area contributed by atoms with Crippen molar-refractivity contribution in [2.24, 2.45) is 0 Å². The molecule has 0 bridgehead atoms. The molecule has 1 aromatic heterocycles. The second-order valence-electron chi connectivity index (χ2n) is 5.67. The van der Waals surface area contributed by atoms with Gasteiger partial charge in [0.2, 0.25) is 5.91 Å². The van der Waals surface area contributed by atoms with Crippen LogP contribution in [-0.2, 0) is 17.8 Å². The quantitative estimate of drug-likeness (QED) is 0.737. The molecule has 4 nitrogen and oxygen atoms in total. The summed E-state index contributed by atoms with van der Waals surface area (Å²) in [6.45, 7) is 2.24. The molecule has 0 saturated heterocycles. The Morgan fingerprint density at radius 3 is 2.62 bits per heavy atom. The highest BCUT2D eigenvalue weighted by molar-refractivity contribution is 6.30. The third-order valence-electron chi connectivity index (χ3n) is 3.74. The molecule has 1 amide bonds. The minimum Gasteiger partial charge on any atom is -0.423 e. The van der Waals surface area contributed by atoms with E-state index in [1.54, 1.807) is 18.2 Å². The molecule has 0 fully saturated rings. The van der Waals surface area contributed by atoms with Gasteiger partial charge in [-0.2, -0.15) is 0 Å². The van der Waals surface area contributed by atoms with E-state index < -0.39 is 5.63 Å². The molecule has 2 aromatic carbocycles. The third-order valence-corrected chi connectivity index (χ3v) is 3.99. The van der Waals surface area contributed by atoms with Gasteiger partial charge in [-0.25, -0.2) is 4.79 Å². The molecule has 122 valence electrons. The van der Waals surface area contributed by atoms with Crippen molar-refractivity contribution in [2.75, 3.05) is 0 Å². The molecule has 1 heterocycles. The van der Waals surface area contributed by atoms with E-state index in [1.807, 2.05) is 31.2 Å². The maximum Gasteiger partial charge on any atom is 0.336 e. The van der Waals surface area contributed by atoms with E-state index in [-0.39, 0.29) is 18.9 Å². The molecule has 0 saturated carbocycles. The first-order chi connectivity index (χ1) is 11.5. The fourth-order valence-corrected chi connectivity index (χ4v) is 2.66. The van der Waals surface area contributed by atoms with E-state index in [0.29, 0.717) is 10.6 Å². The van der Waals surface area contributed by atoms with Crippen molar-refractivity contribution in [1.82, 2.24) is 5.32 Å². The molecular formula is C19H16ClNO3. The van der Waals surface area contributed by atoms with Crippen LogP contribution in [0.4, 0.5) is 0 Å². The smallest absolute Gasteiger partial charge is 0.336 e. The number of amides is 1. The zero-order chi connectivity index (χ0) is 17.1. The van der Waals surface area contributed by atoms with Crippen molar-refractivity contribution in [2.45, 2.75) is 19.9 Å². The number of hydrogen-bond acceptors (Lipinski definition) is 3. The minimum absolute atomic E-state index is 0.119. The fraction of sp³-hybridized carbons (Fsp3) is 0.158. The Bertz CT molecular complexity index is 945. The molecule has 0 spiro atoms. The van der Waals surface area contributed by atoms with Crippen LogP contribution in [-0.4, -0.2) is 5.91 Å². The van der Waals surface area contributed by atoms with Gasteiger partial charge < -0.3 is 9.73 Å². The van der Waals surface area contributed by atoms with Gasteiger partial charge in [-0.05, 0) is 42.3 Å². The van der Waals surface area contributed by atoms with Crippen molar-refractivity contribution in [3.05, 3.63) is 80.7 Å². The van der Waals surface area contributed by atoms with Crippen molar-refractivity contribution in [3.63, 3.8) is 0 Å². The summed E-state index contributed by atoms with van der Waals surface area (Å²) in [6.07, 6.45) is 0.259. The van der Waals surface area contributed by atoms with Gasteiger partial charge in [-0.1, -0.05) is 35.4 Å². The molecule has 24 heavy (non-hydrogen) atoms. The number of aryl methyl sites for hydroxylation is 1. The number of nitrogens with one attached hydrogen (secondary N) is 1. The standard InChI is InChI=1S/C19H16ClNO3/c1-12-2-7-17-16(8-12)14(10-19(23)24-17)11-21-18(22)9-13-3-5-15(20)6-4-13/h2-8,10H,9,11H2,1H3,(H,21,22). The number of fused-ring (bicyclic) bond motifs is 1. The molecule has 0 radical (unpaired) electrons. The van der Waals surface area contributed by atoms with E-state index in [2.05, 4.69) is 5.32 Å². The monoisotopic (exact) mass is 341 g/mol. The lowest BCUT2D eigenvalue weighted by Gasteiger charge is -2.08. The average molecular weight is 342 g/mol. The van der Waals surface area contributed by atoms with Crippen molar-refractivity contribution < 1.29 is 9.21 Å². The highest BCUT2D eigenvalue weighted by atomic mass is 35.5. The number of carbonyl (C=O) groups is 1. The lowest BCUT2D eigenvalue weighted by Crippen LogP contribution is -2.25. The summed E-state index contributed by atoms with van der Waals surface area (Å²) in [4.78, 5) is 23.8. The summed E-state index contributed by atoms with van der Waals surface area (Å²) < 4.78 is 5.19. The Morgan fingerprint density at radius 2 is 1.88 bits per heavy atom. The summed E-state index contributed by atoms with van der Waals surface area (Å²) in [5.74, 6) is -0.119. The summed E-state index contributed by atoms with van der Waals surface area (Å²) >= 11 is 5.83. The molecule has 1 N–H and O–H groups in total. The molecular weight excluding hydrogens is 326 g/mol. The Balaban J connectivity index is 1.75. The maximum absolute atomic E-state index is 12.1. The molecule has 0 atom stereocenters. The van der Waals surface area contributed by atoms with E-state index in [1.165, 1.54) is 6.07 Å². The van der Waals surface area contributed by atoms with Crippen LogP contribution in [0.15, 0.2) is 57.7 Å². The van der Waals surface area contributed by atoms with Gasteiger partial charge in [0.15, 0.2) is 0 Å². The van der Waals surface area contributed by atoms with Crippen LogP contribution in [0.1, 0.15) is 16.7 Å². The average Bonchev–Trinajstić information content (AvgIpc) is 2.55. The van der Waals surface area contributed by atoms with Crippen molar-refractivity contribution in [1.29, 1.82) is 0 Å². The SMILES string of the molecule is Cc1ccc2oc(=O)cc(CNC(=O)Cc3ccc(Cl)cc3)c2c1. The molecule has 3 aromatic rings. The van der Waals surface area contributed by atoms with E-state index >= 15 is 0 Å². The van der Waals surface area contributed by atoms with Crippen LogP contribution in [0, 0.1) is 6.92 Å². The first-order valence-corrected chi connectivity index (χ1v) is 7.93. The van der Waals surface area contributed by atoms with Gasteiger partial charge >= 0.3 is 5.63 Å². The first kappa shape index (κ1) is 16.3. The Morgan fingerprint density at radius 1 is 1.12 bits per heavy atom. The predicted octanol–water partition coefficient (Wildman–Crippen LogP) is 3.61. The molecule has 0 aliphatic carbocycles. The predicted molar refractivity (Wildman–Crippen MR) is 94.2 cm³/mol. The lowest BCUT2D eigenvalue weighted by molar-refractivity contribution is -0.120. The number of rotatable bonds is 4. The summed E-state index contributed by atoms with van der Waals surface area (Å²) in [7, 11) is 0. The van der Waals surface area contributed by atoms with Gasteiger partial charge in [0.1, 0.15) is 5.58 Å². The van der Waals surface area contributed by atoms with Crippen LogP contribution in [0.5, 0.6) is 0 Å². The van der Waals surface area contributed by atoms with E-state index in [0.717, 1.165) is 22.1 Å². The zero-order valence-corrected chi connectivity index (χ0v) is 13.9. The summed E-state index contributed by atoms with van der Waals surface area (Å²) in [6, 6.07) is 14.2. The largest absolute Gasteiger partial charge is 0.423 e. The molecule has 3 rings (SSSR count). The maximum atomic E-state index is 12.1. The molecule has 0 aliphatic heterocycles. The Labute approximate surface area is 144 Å². The number of hydrogen-bond donors (Lipinski definition) is 1. The summed E-state index contributed by atoms with van der Waals surface area (Å²) in [5.41, 5.74) is 2.79. The number of carbonyl (C=O) groups excluding carboxylic acids is 1. The van der Waals surface area contributed by atoms with Gasteiger partial charge in [0.05, 0.1) is 6.42 Å². The van der Waals surface area contributed by atoms with Crippen molar-refractivity contribution >= 4 is 28.5 Å². The van der Waals surface area contributed by atoms with Crippen LogP contribution >= 0.6 is 11.6 Å². The van der Waals surface area contributed by atoms with Gasteiger partial charge in [-0.15, -0.1) is 0 Å². The highest BCUT2D eigenvalue weighted by Crippen LogP contribution is 2.18. The molecule has 5 heteroatoms. The molecule has 0 aliphatic rings. The van der Waals surface area contributed by atoms with Crippen molar-refractivity contribution in [3.8, 4) is 0 Å². The number of benzene rings is 2. The second-order valence-corrected chi connectivity index (χ2v) is 6.11. The first-order valence-electron chi connectivity index (χ1n) is 7.56. The molecule has 0 unspecified atom stereocenters. The van der Waals surface area contributed by atoms with Crippen LogP contribution in [0.2, 0.25) is 5.02 Å². The fourth-order valence-electron chi connectivity index (χ4n) is 2.53. The highest BCUT2D eigenvalue weighted by Gasteiger charge is 2.08. The van der Waals surface area contributed by atoms with Crippen LogP contribution < -0.4 is 10.9 Å². The normalized spacial score (nSPS) is 10.8. The van der Waals surface area contributed by atoms with Gasteiger partial charge in [-0.3, -0.25) is 4.79 Å². The minimum atomic E-state index is -0.423. The number of halogens is 1. The summed E-state index contributed by atoms with van der Waals surface area (Å²) in [5, 5.41) is 4.32. The lowest BCUT2D eigenvalue weighted by atomic mass is 10.1. The second kappa shape index (κ2) is 6.89. The van der Waals surface area contributed by atoms with Crippen LogP contribution in [0.25, 0.3) is 11.0 Å². The zero-order valence-electron chi connectivity index (χ0n) is 13.1. The third kappa shape index (κ3) is 3.84. The van der Waals surface area contributed by atoms with E-state index in [9.17, 15) is 9.59 Å². The van der Waals surface area contributed by atoms with Crippen LogP contribution in [0.3, 0.4) is 0 Å². The van der Waals surface area contributed by atoms with E-state index in [4.69, 9.17) is 16.0 Å². The Kier molecular flexibility index (Phi) is 4.67. The van der Waals surface area contributed by atoms with Gasteiger partial charge in [0, 0.05) is 23.0 Å².